The minimum atomic E-state index is -2.62. The van der Waals surface area contributed by atoms with Gasteiger partial charge in [0.2, 0.25) is 17.5 Å². The first-order valence-corrected chi connectivity index (χ1v) is 16.0. The van der Waals surface area contributed by atoms with E-state index in [0.29, 0.717) is 0 Å². The zero-order valence-corrected chi connectivity index (χ0v) is 28.7. The normalized spacial score (nSPS) is 11.8. The van der Waals surface area contributed by atoms with Crippen LogP contribution in [-0.2, 0) is 20.0 Å². The monoisotopic (exact) mass is 861 g/mol. The van der Waals surface area contributed by atoms with E-state index in [4.69, 9.17) is 3.80 Å². The van der Waals surface area contributed by atoms with Gasteiger partial charge in [-0.05, 0) is 28.8 Å². The van der Waals surface area contributed by atoms with Gasteiger partial charge >= 0.3 is 20.0 Å². The number of halogens is 15. The molecule has 8 bridgehead atoms. The number of aromatic nitrogens is 4. The van der Waals surface area contributed by atoms with Gasteiger partial charge in [-0.25, -0.2) is 70.8 Å². The second-order valence-corrected chi connectivity index (χ2v) is 11.8. The molecule has 4 aromatic heterocycles. The summed E-state index contributed by atoms with van der Waals surface area (Å²) >= 11 is 1.38. The van der Waals surface area contributed by atoms with Crippen molar-refractivity contribution in [2.45, 2.75) is 0 Å². The Hall–Kier alpha value is -6.33. The van der Waals surface area contributed by atoms with Crippen LogP contribution in [0.5, 0.6) is 0 Å². The number of fused-ring (bicyclic) bond motifs is 9. The maximum atomic E-state index is 15.5. The van der Waals surface area contributed by atoms with Crippen LogP contribution in [0.15, 0.2) is 36.4 Å². The molecule has 0 saturated heterocycles. The molecule has 5 heterocycles. The van der Waals surface area contributed by atoms with Gasteiger partial charge in [-0.1, -0.05) is 36.4 Å². The Labute approximate surface area is 319 Å². The van der Waals surface area contributed by atoms with Crippen LogP contribution >= 0.6 is 0 Å². The molecule has 0 unspecified atom stereocenters. The molecule has 8 rings (SSSR count). The second-order valence-electron chi connectivity index (χ2n) is 11.8. The standard InChI is InChI=1S/C37H8F15N4.Cr.O/c38-23-20(24(39)30(45)35(50)29(23)44)17-11-3-1-9(53-11)10-2-4-12(54-10)18(21-25(40)31(46)36(51)32(47)26(21)41)14-6-8-16(56-14)19(15-7-5-13(17)55-15)22-27(42)33(48)37(52)34(49)28(22)43;;/h1-8H;;/q-3;;. The van der Waals surface area contributed by atoms with Crippen molar-refractivity contribution in [2.75, 3.05) is 0 Å². The predicted octanol–water partition coefficient (Wildman–Crippen LogP) is 10.5. The van der Waals surface area contributed by atoms with E-state index < -0.39 is 154 Å². The molecule has 0 radical (unpaired) electrons. The molecule has 0 amide bonds. The predicted molar refractivity (Wildman–Crippen MR) is 168 cm³/mol. The van der Waals surface area contributed by atoms with Gasteiger partial charge in [0.05, 0.1) is 28.1 Å². The summed E-state index contributed by atoms with van der Waals surface area (Å²) in [7, 11) is 0. The topological polar surface area (TPSA) is 72.3 Å². The zero-order chi connectivity index (χ0) is 42.2. The summed E-state index contributed by atoms with van der Waals surface area (Å²) in [6.45, 7) is 0. The van der Waals surface area contributed by atoms with Crippen molar-refractivity contribution in [1.82, 2.24) is 19.9 Å². The molecule has 0 saturated carbocycles. The Morgan fingerprint density at radius 1 is 0.293 bits per heavy atom. The van der Waals surface area contributed by atoms with Gasteiger partial charge < -0.3 is 15.0 Å². The Bertz CT molecular complexity index is 2990. The average molecular weight is 861 g/mol. The molecule has 0 atom stereocenters. The molecule has 0 fully saturated rings. The molecule has 0 aliphatic carbocycles. The Kier molecular flexibility index (Phi) is 10.0. The van der Waals surface area contributed by atoms with Gasteiger partial charge in [0, 0.05) is 0 Å². The number of rotatable bonds is 3. The van der Waals surface area contributed by atoms with Crippen LogP contribution < -0.4 is 15.0 Å². The van der Waals surface area contributed by atoms with E-state index in [9.17, 15) is 39.5 Å². The summed E-state index contributed by atoms with van der Waals surface area (Å²) in [5.41, 5.74) is -13.0. The third-order valence-electron chi connectivity index (χ3n) is 8.74. The summed E-state index contributed by atoms with van der Waals surface area (Å²) in [6, 6.07) is 5.64. The number of benzene rings is 3. The number of hydrogen-bond acceptors (Lipinski definition) is 2. The van der Waals surface area contributed by atoms with Crippen LogP contribution in [0, 0.1) is 87.3 Å². The first-order chi connectivity index (χ1) is 27.5. The Morgan fingerprint density at radius 3 is 0.793 bits per heavy atom. The van der Waals surface area contributed by atoms with E-state index >= 15 is 26.3 Å². The molecule has 296 valence electrons. The van der Waals surface area contributed by atoms with Crippen LogP contribution in [0.2, 0.25) is 0 Å². The van der Waals surface area contributed by atoms with Crippen LogP contribution in [0.3, 0.4) is 0 Å². The molecule has 0 spiro atoms. The van der Waals surface area contributed by atoms with Crippen LogP contribution in [0.1, 0.15) is 11.4 Å². The summed E-state index contributed by atoms with van der Waals surface area (Å²) < 4.78 is 231. The molecule has 1 aliphatic heterocycles. The number of nitrogens with zero attached hydrogens (tertiary/aromatic N) is 4. The molecule has 7 aromatic rings. The van der Waals surface area contributed by atoms with E-state index in [1.165, 1.54) is 16.2 Å². The van der Waals surface area contributed by atoms with Gasteiger partial charge in [0.1, 0.15) is 0 Å². The van der Waals surface area contributed by atoms with E-state index in [1.807, 2.05) is 0 Å². The maximum absolute atomic E-state index is 15.5. The van der Waals surface area contributed by atoms with Crippen molar-refractivity contribution < 1.29 is 85.9 Å². The minimum absolute atomic E-state index is 0.268. The van der Waals surface area contributed by atoms with Crippen molar-refractivity contribution in [3.05, 3.63) is 135 Å². The molecule has 3 aromatic carbocycles. The summed E-state index contributed by atoms with van der Waals surface area (Å²) in [5, 5.41) is 0. The summed E-state index contributed by atoms with van der Waals surface area (Å²) in [4.78, 5) is 16.3. The van der Waals surface area contributed by atoms with Crippen molar-refractivity contribution in [2.24, 2.45) is 0 Å². The van der Waals surface area contributed by atoms with Crippen LogP contribution in [0.25, 0.3) is 78.6 Å². The van der Waals surface area contributed by atoms with Gasteiger partial charge in [-0.2, -0.15) is 11.0 Å². The second kappa shape index (κ2) is 14.6. The van der Waals surface area contributed by atoms with Crippen molar-refractivity contribution in [1.29, 1.82) is 0 Å². The Morgan fingerprint density at radius 2 is 0.500 bits per heavy atom. The Balaban J connectivity index is 0.00000252. The third-order valence-corrected chi connectivity index (χ3v) is 8.74. The van der Waals surface area contributed by atoms with Crippen molar-refractivity contribution >= 4 is 45.3 Å². The quantitative estimate of drug-likeness (QED) is 0.101. The number of hydrogen-bond donors (Lipinski definition) is 0. The fraction of sp³-hybridized carbons (Fsp3) is 0. The molecule has 1 aliphatic rings. The first kappa shape index (κ1) is 39.9. The molecular formula is C37H8CrF15N4O-3. The van der Waals surface area contributed by atoms with Crippen LogP contribution in [-0.4, -0.2) is 4.98 Å². The van der Waals surface area contributed by atoms with Crippen LogP contribution in [0.4, 0.5) is 65.9 Å². The summed E-state index contributed by atoms with van der Waals surface area (Å²) in [5.74, 6) is -37.0. The molecule has 58 heavy (non-hydrogen) atoms. The molecule has 5 nitrogen and oxygen atoms in total. The molecule has 21 heteroatoms. The average Bonchev–Trinajstić information content (AvgIpc) is 4.07. The van der Waals surface area contributed by atoms with Gasteiger partial charge in [-0.3, -0.25) is 0 Å². The van der Waals surface area contributed by atoms with E-state index in [1.54, 1.807) is 0 Å². The van der Waals surface area contributed by atoms with Gasteiger partial charge in [-0.15, -0.1) is 22.1 Å². The third kappa shape index (κ3) is 5.86. The molecular weight excluding hydrogens is 853 g/mol. The van der Waals surface area contributed by atoms with E-state index in [2.05, 4.69) is 19.9 Å². The van der Waals surface area contributed by atoms with Crippen molar-refractivity contribution in [3.63, 3.8) is 0 Å². The van der Waals surface area contributed by atoms with Crippen molar-refractivity contribution in [3.8, 4) is 33.4 Å². The first-order valence-electron chi connectivity index (χ1n) is 15.4. The van der Waals surface area contributed by atoms with E-state index in [0.717, 1.165) is 48.6 Å². The fourth-order valence-electron chi connectivity index (χ4n) is 6.20. The van der Waals surface area contributed by atoms with Gasteiger partial charge in [0.25, 0.3) is 0 Å². The van der Waals surface area contributed by atoms with Gasteiger partial charge in [0.15, 0.2) is 69.8 Å². The summed E-state index contributed by atoms with van der Waals surface area (Å²) in [6.07, 6.45) is 1.56. The SMILES string of the molecule is Fc1c(F)c(F)c(-c2c3nc(c(-c4c(F)c(F)c(F)c(F)c4F)c4ccc([n-]4)c4ccc([n-]4)c(-c4c(F)c(F)c(F)c(F)c4F)c4ccc2[n-]4)C=C3)c(F)c1F.[O]=[Cr]. The molecule has 0 N–H and O–H groups in total. The zero-order valence-electron chi connectivity index (χ0n) is 27.4. The fourth-order valence-corrected chi connectivity index (χ4v) is 6.20. The van der Waals surface area contributed by atoms with E-state index in [-0.39, 0.29) is 11.0 Å².